The number of nitrogens with one attached hydrogen (secondary N) is 3. The second kappa shape index (κ2) is 9.51. The highest BCUT2D eigenvalue weighted by Gasteiger charge is 2.27. The Kier molecular flexibility index (Phi) is 6.27. The van der Waals surface area contributed by atoms with E-state index in [4.69, 9.17) is 19.9 Å². The van der Waals surface area contributed by atoms with Crippen LogP contribution >= 0.6 is 0 Å². The Labute approximate surface area is 201 Å². The number of amides is 2. The van der Waals surface area contributed by atoms with E-state index < -0.39 is 11.8 Å². The molecule has 1 fully saturated rings. The number of hydrogen-bond acceptors (Lipinski definition) is 8. The predicted molar refractivity (Wildman–Crippen MR) is 130 cm³/mol. The van der Waals surface area contributed by atoms with E-state index in [2.05, 4.69) is 25.9 Å². The van der Waals surface area contributed by atoms with Crippen LogP contribution < -0.4 is 26.4 Å². The van der Waals surface area contributed by atoms with E-state index in [-0.39, 0.29) is 17.8 Å². The predicted octanol–water partition coefficient (Wildman–Crippen LogP) is 3.06. The van der Waals surface area contributed by atoms with Crippen LogP contribution in [0.15, 0.2) is 24.5 Å². The van der Waals surface area contributed by atoms with E-state index in [1.54, 1.807) is 25.4 Å². The van der Waals surface area contributed by atoms with Crippen molar-refractivity contribution in [2.75, 3.05) is 49.8 Å². The molecule has 0 radical (unpaired) electrons. The fourth-order valence-electron chi connectivity index (χ4n) is 4.48. The van der Waals surface area contributed by atoms with E-state index >= 15 is 4.39 Å². The van der Waals surface area contributed by atoms with E-state index in [1.807, 2.05) is 6.92 Å². The Morgan fingerprint density at radius 1 is 1.26 bits per heavy atom. The second-order valence-corrected chi connectivity index (χ2v) is 8.54. The summed E-state index contributed by atoms with van der Waals surface area (Å²) in [6.45, 7) is 4.01. The maximum atomic E-state index is 15.3. The topological polar surface area (TPSA) is 133 Å². The molecule has 5 rings (SSSR count). The van der Waals surface area contributed by atoms with Crippen molar-refractivity contribution >= 4 is 34.0 Å². The summed E-state index contributed by atoms with van der Waals surface area (Å²) >= 11 is 0. The third-order valence-electron chi connectivity index (χ3n) is 6.40. The Morgan fingerprint density at radius 3 is 2.94 bits per heavy atom. The van der Waals surface area contributed by atoms with Gasteiger partial charge in [-0.25, -0.2) is 19.2 Å². The maximum Gasteiger partial charge on any atom is 0.320 e. The lowest BCUT2D eigenvalue weighted by molar-refractivity contribution is -0.0466. The molecule has 2 aliphatic rings. The molecule has 10 nitrogen and oxygen atoms in total. The van der Waals surface area contributed by atoms with Crippen molar-refractivity contribution in [2.45, 2.75) is 25.5 Å². The first-order chi connectivity index (χ1) is 17.0. The van der Waals surface area contributed by atoms with Crippen molar-refractivity contribution in [3.05, 3.63) is 35.9 Å². The molecule has 4 heterocycles. The second-order valence-electron chi connectivity index (χ2n) is 8.54. The van der Waals surface area contributed by atoms with Gasteiger partial charge in [-0.3, -0.25) is 5.32 Å². The number of aromatic nitrogens is 2. The van der Waals surface area contributed by atoms with Gasteiger partial charge in [0.05, 0.1) is 18.3 Å². The summed E-state index contributed by atoms with van der Waals surface area (Å²) < 4.78 is 31.7. The van der Waals surface area contributed by atoms with Gasteiger partial charge in [-0.05, 0) is 36.4 Å². The molecule has 1 saturated heterocycles. The number of methoxy groups -OCH3 is 1. The first kappa shape index (κ1) is 23.1. The molecular formula is C24H27FN6O4. The summed E-state index contributed by atoms with van der Waals surface area (Å²) in [6.07, 6.45) is 3.45. The summed E-state index contributed by atoms with van der Waals surface area (Å²) in [7, 11) is 1.58. The number of carbonyl (C=O) groups is 1. The number of nitrogens with two attached hydrogens (primary N) is 1. The average Bonchev–Trinajstić information content (AvgIpc) is 2.87. The van der Waals surface area contributed by atoms with Gasteiger partial charge in [0, 0.05) is 49.2 Å². The number of carbonyl (C=O) groups excluding carboxylic acids is 1. The highest BCUT2D eigenvalue weighted by atomic mass is 19.1. The Bertz CT molecular complexity index is 1290. The van der Waals surface area contributed by atoms with E-state index in [9.17, 15) is 4.79 Å². The first-order valence-corrected chi connectivity index (χ1v) is 11.4. The zero-order valence-electron chi connectivity index (χ0n) is 19.5. The first-order valence-electron chi connectivity index (χ1n) is 11.4. The number of hydrogen-bond donors (Lipinski definition) is 4. The molecule has 3 aromatic rings. The van der Waals surface area contributed by atoms with Gasteiger partial charge < -0.3 is 30.6 Å². The Hall–Kier alpha value is -3.70. The summed E-state index contributed by atoms with van der Waals surface area (Å²) in [5, 5.41) is 9.99. The van der Waals surface area contributed by atoms with E-state index in [0.717, 1.165) is 11.3 Å². The third-order valence-corrected chi connectivity index (χ3v) is 6.40. The summed E-state index contributed by atoms with van der Waals surface area (Å²) in [4.78, 5) is 21.2. The van der Waals surface area contributed by atoms with Crippen molar-refractivity contribution in [1.29, 1.82) is 0 Å². The van der Waals surface area contributed by atoms with Gasteiger partial charge in [0.2, 0.25) is 5.88 Å². The molecule has 0 aliphatic carbocycles. The third kappa shape index (κ3) is 4.40. The van der Waals surface area contributed by atoms with Gasteiger partial charge in [-0.1, -0.05) is 0 Å². The highest BCUT2D eigenvalue weighted by Crippen LogP contribution is 2.39. The summed E-state index contributed by atoms with van der Waals surface area (Å²) in [6, 6.07) is 2.75. The fraction of sp³-hybridized carbons (Fsp3) is 0.375. The number of ether oxygens (including phenoxy) is 3. The van der Waals surface area contributed by atoms with Gasteiger partial charge in [0.25, 0.3) is 0 Å². The van der Waals surface area contributed by atoms with Crippen molar-refractivity contribution in [3.63, 3.8) is 0 Å². The normalized spacial score (nSPS) is 19.4. The van der Waals surface area contributed by atoms with Crippen LogP contribution in [0.2, 0.25) is 0 Å². The number of urea groups is 1. The zero-order valence-corrected chi connectivity index (χ0v) is 19.5. The number of nitrogens with zero attached hydrogens (tertiary/aromatic N) is 2. The van der Waals surface area contributed by atoms with Crippen LogP contribution in [-0.4, -0.2) is 61.6 Å². The molecule has 5 N–H and O–H groups in total. The molecule has 2 amide bonds. The van der Waals surface area contributed by atoms with Gasteiger partial charge in [-0.15, -0.1) is 0 Å². The number of rotatable bonds is 4. The molecule has 0 spiro atoms. The lowest BCUT2D eigenvalue weighted by Gasteiger charge is -2.30. The van der Waals surface area contributed by atoms with Crippen molar-refractivity contribution in [3.8, 4) is 17.0 Å². The summed E-state index contributed by atoms with van der Waals surface area (Å²) in [5.41, 5.74) is 8.58. The number of fused-ring (bicyclic) bond motifs is 2. The number of pyridine rings is 2. The number of anilines is 3. The van der Waals surface area contributed by atoms with E-state index in [0.29, 0.717) is 66.4 Å². The van der Waals surface area contributed by atoms with Crippen LogP contribution in [0.3, 0.4) is 0 Å². The summed E-state index contributed by atoms with van der Waals surface area (Å²) in [5.74, 6) is 0.251. The van der Waals surface area contributed by atoms with Crippen LogP contribution in [-0.2, 0) is 9.47 Å². The standard InChI is InChI=1S/C24H27FN6O4/c1-12-15(9-29-23-22(12)27-4-6-35-23)14-7-13-8-19(28-10-16(13)21(26)20(14)25)31-24(32)30-17-3-5-34-11-18(17)33-2/h7-10,17-18,27H,3-6,11,26H2,1-2H3,(H2,28,30,31,32). The van der Waals surface area contributed by atoms with Crippen LogP contribution in [0.1, 0.15) is 12.0 Å². The molecule has 184 valence electrons. The maximum absolute atomic E-state index is 15.3. The minimum atomic E-state index is -0.551. The number of benzene rings is 1. The Morgan fingerprint density at radius 2 is 2.11 bits per heavy atom. The molecule has 2 unspecified atom stereocenters. The minimum Gasteiger partial charge on any atom is -0.474 e. The molecule has 0 bridgehead atoms. The SMILES string of the molecule is COC1COCCC1NC(=O)Nc1cc2cc(-c3cnc4c(c3C)NCCO4)c(F)c(N)c2cn1. The lowest BCUT2D eigenvalue weighted by atomic mass is 9.97. The van der Waals surface area contributed by atoms with Gasteiger partial charge in [0.1, 0.15) is 24.2 Å². The molecule has 2 atom stereocenters. The van der Waals surface area contributed by atoms with Crippen LogP contribution in [0, 0.1) is 12.7 Å². The lowest BCUT2D eigenvalue weighted by Crippen LogP contribution is -2.50. The fourth-order valence-corrected chi connectivity index (χ4v) is 4.48. The molecule has 0 saturated carbocycles. The van der Waals surface area contributed by atoms with Crippen molar-refractivity contribution < 1.29 is 23.4 Å². The molecule has 1 aromatic carbocycles. The van der Waals surface area contributed by atoms with E-state index in [1.165, 1.54) is 6.20 Å². The number of halogens is 1. The van der Waals surface area contributed by atoms with Crippen molar-refractivity contribution in [1.82, 2.24) is 15.3 Å². The van der Waals surface area contributed by atoms with Gasteiger partial charge in [0.15, 0.2) is 5.82 Å². The largest absolute Gasteiger partial charge is 0.474 e. The number of nitrogen functional groups attached to an aromatic ring is 1. The van der Waals surface area contributed by atoms with Crippen molar-refractivity contribution in [2.24, 2.45) is 0 Å². The minimum absolute atomic E-state index is 0.0209. The average molecular weight is 483 g/mol. The highest BCUT2D eigenvalue weighted by molar-refractivity contribution is 6.00. The molecule has 2 aromatic heterocycles. The smallest absolute Gasteiger partial charge is 0.320 e. The monoisotopic (exact) mass is 482 g/mol. The molecular weight excluding hydrogens is 455 g/mol. The van der Waals surface area contributed by atoms with Crippen LogP contribution in [0.25, 0.3) is 21.9 Å². The van der Waals surface area contributed by atoms with Crippen LogP contribution in [0.5, 0.6) is 5.88 Å². The Balaban J connectivity index is 1.44. The van der Waals surface area contributed by atoms with Gasteiger partial charge in [-0.2, -0.15) is 0 Å². The van der Waals surface area contributed by atoms with Gasteiger partial charge >= 0.3 is 6.03 Å². The molecule has 2 aliphatic heterocycles. The molecule has 11 heteroatoms. The molecule has 35 heavy (non-hydrogen) atoms. The zero-order chi connectivity index (χ0) is 24.5. The van der Waals surface area contributed by atoms with Crippen LogP contribution in [0.4, 0.5) is 26.4 Å². The quantitative estimate of drug-likeness (QED) is 0.417.